The lowest BCUT2D eigenvalue weighted by atomic mass is 9.98. The summed E-state index contributed by atoms with van der Waals surface area (Å²) in [5, 5.41) is 0.352. The van der Waals surface area contributed by atoms with Gasteiger partial charge in [0.05, 0.1) is 6.61 Å². The van der Waals surface area contributed by atoms with E-state index in [9.17, 15) is 28.8 Å². The van der Waals surface area contributed by atoms with Crippen LogP contribution in [0.25, 0.3) is 10.1 Å². The van der Waals surface area contributed by atoms with Crippen molar-refractivity contribution >= 4 is 57.6 Å². The Morgan fingerprint density at radius 2 is 1.50 bits per heavy atom. The summed E-state index contributed by atoms with van der Waals surface area (Å²) in [6.07, 6.45) is -6.31. The van der Waals surface area contributed by atoms with Gasteiger partial charge in [-0.3, -0.25) is 24.0 Å². The Morgan fingerprint density at radius 1 is 0.875 bits per heavy atom. The molecular formula is C26H28O13S. The molecule has 2 aromatic rings. The number of hydrogen-bond acceptors (Lipinski definition) is 14. The van der Waals surface area contributed by atoms with Crippen LogP contribution in [0, 0.1) is 0 Å². The highest BCUT2D eigenvalue weighted by Gasteiger charge is 2.53. The Labute approximate surface area is 232 Å². The van der Waals surface area contributed by atoms with Crippen LogP contribution < -0.4 is 4.74 Å². The highest BCUT2D eigenvalue weighted by molar-refractivity contribution is 7.21. The standard InChI is InChI=1S/C26H28O13S/c1-6-33-25(32)20-9-17-18(8-7-16(10-27)24(17)40-20)38-26-23(37-15(5)31)22(36-14(4)30)21(35-13(3)29)19(39-26)11-34-12(2)28/h7-10,19,21-23,26H,6,11H2,1-5H3/t19-,21+,22+,23-,26-/m1/s1. The Bertz CT molecular complexity index is 1300. The van der Waals surface area contributed by atoms with Crippen LogP contribution in [-0.2, 0) is 47.6 Å². The van der Waals surface area contributed by atoms with Gasteiger partial charge in [-0.1, -0.05) is 0 Å². The summed E-state index contributed by atoms with van der Waals surface area (Å²) in [4.78, 5) is 71.8. The summed E-state index contributed by atoms with van der Waals surface area (Å²) in [6.45, 7) is 5.85. The van der Waals surface area contributed by atoms with Gasteiger partial charge in [-0.2, -0.15) is 0 Å². The van der Waals surface area contributed by atoms with Gasteiger partial charge in [-0.25, -0.2) is 4.79 Å². The quantitative estimate of drug-likeness (QED) is 0.228. The first-order chi connectivity index (χ1) is 18.9. The van der Waals surface area contributed by atoms with Crippen LogP contribution in [0.1, 0.15) is 54.6 Å². The smallest absolute Gasteiger partial charge is 0.348 e. The number of aldehydes is 1. The second-order valence-corrected chi connectivity index (χ2v) is 9.58. The number of thiophene rings is 1. The molecule has 0 spiro atoms. The molecule has 216 valence electrons. The number of hydrogen-bond donors (Lipinski definition) is 0. The Morgan fingerprint density at radius 3 is 2.08 bits per heavy atom. The molecule has 14 heteroatoms. The summed E-state index contributed by atoms with van der Waals surface area (Å²) in [6, 6.07) is 4.38. The van der Waals surface area contributed by atoms with E-state index in [0.29, 0.717) is 16.4 Å². The van der Waals surface area contributed by atoms with E-state index in [1.54, 1.807) is 6.92 Å². The zero-order valence-electron chi connectivity index (χ0n) is 22.3. The SMILES string of the molecule is CCOC(=O)c1cc2c(O[C@@H]3O[C@H](COC(C)=O)[C@H](OC(C)=O)[C@H](OC(C)=O)[C@H]3OC(C)=O)ccc(C=O)c2s1. The van der Waals surface area contributed by atoms with Crippen molar-refractivity contribution in [2.45, 2.75) is 65.3 Å². The van der Waals surface area contributed by atoms with Gasteiger partial charge < -0.3 is 33.2 Å². The molecule has 0 N–H and O–H groups in total. The van der Waals surface area contributed by atoms with Gasteiger partial charge in [-0.15, -0.1) is 11.3 Å². The molecule has 1 aromatic carbocycles. The lowest BCUT2D eigenvalue weighted by Crippen LogP contribution is -2.63. The Kier molecular flexibility index (Phi) is 10.2. The fourth-order valence-electron chi connectivity index (χ4n) is 4.03. The minimum Gasteiger partial charge on any atom is -0.463 e. The molecular weight excluding hydrogens is 552 g/mol. The Hall–Kier alpha value is -4.04. The lowest BCUT2D eigenvalue weighted by Gasteiger charge is -2.44. The van der Waals surface area contributed by atoms with Gasteiger partial charge in [0.1, 0.15) is 23.3 Å². The van der Waals surface area contributed by atoms with Gasteiger partial charge in [0, 0.05) is 43.3 Å². The maximum absolute atomic E-state index is 12.4. The van der Waals surface area contributed by atoms with E-state index >= 15 is 0 Å². The largest absolute Gasteiger partial charge is 0.463 e. The number of rotatable bonds is 10. The molecule has 0 saturated carbocycles. The molecule has 0 aliphatic carbocycles. The molecule has 2 heterocycles. The third-order valence-corrected chi connectivity index (χ3v) is 6.63. The van der Waals surface area contributed by atoms with Crippen LogP contribution in [-0.4, -0.2) is 80.1 Å². The molecule has 1 aromatic heterocycles. The number of benzene rings is 1. The minimum atomic E-state index is -1.49. The topological polar surface area (TPSA) is 167 Å². The molecule has 1 aliphatic rings. The summed E-state index contributed by atoms with van der Waals surface area (Å²) in [5.74, 6) is -3.49. The van der Waals surface area contributed by atoms with Crippen molar-refractivity contribution in [2.24, 2.45) is 0 Å². The zero-order chi connectivity index (χ0) is 29.6. The van der Waals surface area contributed by atoms with E-state index in [0.717, 1.165) is 39.0 Å². The van der Waals surface area contributed by atoms with Crippen LogP contribution in [0.4, 0.5) is 0 Å². The van der Waals surface area contributed by atoms with E-state index in [4.69, 9.17) is 33.2 Å². The van der Waals surface area contributed by atoms with Crippen LogP contribution in [0.3, 0.4) is 0 Å². The maximum Gasteiger partial charge on any atom is 0.348 e. The second kappa shape index (κ2) is 13.3. The molecule has 0 radical (unpaired) electrons. The molecule has 40 heavy (non-hydrogen) atoms. The van der Waals surface area contributed by atoms with Crippen molar-refractivity contribution in [1.29, 1.82) is 0 Å². The van der Waals surface area contributed by atoms with Gasteiger partial charge in [0.25, 0.3) is 0 Å². The first kappa shape index (κ1) is 30.5. The summed E-state index contributed by atoms with van der Waals surface area (Å²) in [5.41, 5.74) is 0.282. The van der Waals surface area contributed by atoms with Gasteiger partial charge >= 0.3 is 29.8 Å². The van der Waals surface area contributed by atoms with Crippen molar-refractivity contribution in [3.05, 3.63) is 28.6 Å². The number of esters is 5. The molecule has 5 atom stereocenters. The van der Waals surface area contributed by atoms with Crippen molar-refractivity contribution in [3.63, 3.8) is 0 Å². The molecule has 1 saturated heterocycles. The fraction of sp³-hybridized carbons (Fsp3) is 0.462. The molecule has 0 amide bonds. The third kappa shape index (κ3) is 7.33. The van der Waals surface area contributed by atoms with Gasteiger partial charge in [0.15, 0.2) is 18.5 Å². The van der Waals surface area contributed by atoms with E-state index in [1.165, 1.54) is 18.2 Å². The van der Waals surface area contributed by atoms with E-state index in [2.05, 4.69) is 0 Å². The van der Waals surface area contributed by atoms with Crippen LogP contribution in [0.5, 0.6) is 5.75 Å². The first-order valence-electron chi connectivity index (χ1n) is 12.1. The van der Waals surface area contributed by atoms with Gasteiger partial charge in [-0.05, 0) is 25.1 Å². The minimum absolute atomic E-state index is 0.119. The van der Waals surface area contributed by atoms with Crippen LogP contribution in [0.2, 0.25) is 0 Å². The van der Waals surface area contributed by atoms with Crippen LogP contribution in [0.15, 0.2) is 18.2 Å². The average Bonchev–Trinajstić information content (AvgIpc) is 3.32. The lowest BCUT2D eigenvalue weighted by molar-refractivity contribution is -0.288. The fourth-order valence-corrected chi connectivity index (χ4v) is 5.07. The van der Waals surface area contributed by atoms with E-state index in [-0.39, 0.29) is 22.8 Å². The normalized spacial score (nSPS) is 22.1. The highest BCUT2D eigenvalue weighted by Crippen LogP contribution is 2.38. The average molecular weight is 581 g/mol. The van der Waals surface area contributed by atoms with Gasteiger partial charge in [0.2, 0.25) is 12.4 Å². The highest BCUT2D eigenvalue weighted by atomic mass is 32.1. The predicted molar refractivity (Wildman–Crippen MR) is 136 cm³/mol. The summed E-state index contributed by atoms with van der Waals surface area (Å²) < 4.78 is 38.8. The molecule has 1 fully saturated rings. The van der Waals surface area contributed by atoms with Crippen LogP contribution >= 0.6 is 11.3 Å². The first-order valence-corrected chi connectivity index (χ1v) is 12.9. The number of carbonyl (C=O) groups excluding carboxylic acids is 6. The maximum atomic E-state index is 12.4. The summed E-state index contributed by atoms with van der Waals surface area (Å²) in [7, 11) is 0. The third-order valence-electron chi connectivity index (χ3n) is 5.47. The predicted octanol–water partition coefficient (Wildman–Crippen LogP) is 2.35. The number of fused-ring (bicyclic) bond motifs is 1. The second-order valence-electron chi connectivity index (χ2n) is 8.53. The molecule has 0 bridgehead atoms. The van der Waals surface area contributed by atoms with Crippen molar-refractivity contribution in [3.8, 4) is 5.75 Å². The summed E-state index contributed by atoms with van der Waals surface area (Å²) >= 11 is 1.02. The zero-order valence-corrected chi connectivity index (χ0v) is 23.1. The van der Waals surface area contributed by atoms with E-state index < -0.39 is 67.2 Å². The Balaban J connectivity index is 2.10. The molecule has 1 aliphatic heterocycles. The van der Waals surface area contributed by atoms with Crippen molar-refractivity contribution in [1.82, 2.24) is 0 Å². The molecule has 0 unspecified atom stereocenters. The van der Waals surface area contributed by atoms with E-state index in [1.807, 2.05) is 0 Å². The number of carbonyl (C=O) groups is 6. The molecule has 13 nitrogen and oxygen atoms in total. The van der Waals surface area contributed by atoms with Crippen molar-refractivity contribution in [2.75, 3.05) is 13.2 Å². The molecule has 3 rings (SSSR count). The monoisotopic (exact) mass is 580 g/mol. The van der Waals surface area contributed by atoms with Crippen molar-refractivity contribution < 1.29 is 61.9 Å². The number of ether oxygens (including phenoxy) is 7.